The van der Waals surface area contributed by atoms with Crippen molar-refractivity contribution in [3.05, 3.63) is 93.6 Å². The molecular formula is C26H27BrN2O2. The molecule has 4 aromatic rings. The number of aromatic amines is 1. The summed E-state index contributed by atoms with van der Waals surface area (Å²) < 4.78 is 12.6. The Hall–Kier alpha value is -2.76. The van der Waals surface area contributed by atoms with Crippen molar-refractivity contribution in [2.75, 3.05) is 13.7 Å². The van der Waals surface area contributed by atoms with Crippen LogP contribution in [0.2, 0.25) is 0 Å². The Balaban J connectivity index is 1.35. The van der Waals surface area contributed by atoms with Gasteiger partial charge in [-0.3, -0.25) is 0 Å². The number of fused-ring (bicyclic) bond motifs is 1. The summed E-state index contributed by atoms with van der Waals surface area (Å²) >= 11 is 3.69. The zero-order valence-corrected chi connectivity index (χ0v) is 19.5. The van der Waals surface area contributed by atoms with E-state index < -0.39 is 0 Å². The Labute approximate surface area is 191 Å². The highest BCUT2D eigenvalue weighted by atomic mass is 79.9. The molecule has 0 aliphatic heterocycles. The molecule has 0 radical (unpaired) electrons. The van der Waals surface area contributed by atoms with Crippen LogP contribution in [0.1, 0.15) is 22.3 Å². The number of para-hydroxylation sites is 1. The first-order chi connectivity index (χ1) is 15.1. The summed E-state index contributed by atoms with van der Waals surface area (Å²) in [5.74, 6) is 1.47. The van der Waals surface area contributed by atoms with Crippen LogP contribution in [-0.2, 0) is 19.6 Å². The average molecular weight is 479 g/mol. The largest absolute Gasteiger partial charge is 0.493 e. The molecule has 5 heteroatoms. The van der Waals surface area contributed by atoms with Crippen LogP contribution in [-0.4, -0.2) is 18.6 Å². The molecule has 0 amide bonds. The van der Waals surface area contributed by atoms with Crippen LogP contribution in [0.3, 0.4) is 0 Å². The first-order valence-corrected chi connectivity index (χ1v) is 11.2. The van der Waals surface area contributed by atoms with Gasteiger partial charge in [-0.15, -0.1) is 0 Å². The van der Waals surface area contributed by atoms with Crippen molar-refractivity contribution in [3.63, 3.8) is 0 Å². The van der Waals surface area contributed by atoms with Gasteiger partial charge in [0, 0.05) is 28.1 Å². The Morgan fingerprint density at radius 3 is 2.58 bits per heavy atom. The summed E-state index contributed by atoms with van der Waals surface area (Å²) in [6.07, 6.45) is 3.07. The van der Waals surface area contributed by atoms with Crippen LogP contribution in [0, 0.1) is 6.92 Å². The third-order valence-corrected chi connectivity index (χ3v) is 6.15. The van der Waals surface area contributed by atoms with E-state index in [9.17, 15) is 0 Å². The van der Waals surface area contributed by atoms with E-state index in [0.29, 0.717) is 6.61 Å². The molecule has 3 aromatic carbocycles. The van der Waals surface area contributed by atoms with Gasteiger partial charge in [-0.05, 0) is 54.8 Å². The molecule has 0 spiro atoms. The number of halogens is 1. The molecule has 4 rings (SSSR count). The number of aromatic nitrogens is 1. The zero-order valence-electron chi connectivity index (χ0n) is 17.9. The molecule has 31 heavy (non-hydrogen) atoms. The van der Waals surface area contributed by atoms with Crippen LogP contribution in [0.25, 0.3) is 10.9 Å². The van der Waals surface area contributed by atoms with Crippen molar-refractivity contribution < 1.29 is 9.47 Å². The lowest BCUT2D eigenvalue weighted by molar-refractivity contribution is 0.284. The van der Waals surface area contributed by atoms with Gasteiger partial charge in [-0.2, -0.15) is 0 Å². The molecule has 0 aliphatic rings. The van der Waals surface area contributed by atoms with Crippen molar-refractivity contribution in [1.82, 2.24) is 10.3 Å². The maximum Gasteiger partial charge on any atom is 0.162 e. The molecule has 0 saturated heterocycles. The van der Waals surface area contributed by atoms with Crippen LogP contribution in [0.15, 0.2) is 71.3 Å². The summed E-state index contributed by atoms with van der Waals surface area (Å²) in [5, 5.41) is 4.83. The van der Waals surface area contributed by atoms with Gasteiger partial charge in [0.05, 0.1) is 7.11 Å². The highest BCUT2D eigenvalue weighted by molar-refractivity contribution is 9.10. The number of rotatable bonds is 9. The number of benzene rings is 3. The maximum absolute atomic E-state index is 6.03. The fourth-order valence-electron chi connectivity index (χ4n) is 3.61. The second kappa shape index (κ2) is 10.0. The number of methoxy groups -OCH3 is 1. The van der Waals surface area contributed by atoms with Crippen LogP contribution >= 0.6 is 15.9 Å². The lowest BCUT2D eigenvalue weighted by Crippen LogP contribution is -2.17. The molecule has 160 valence electrons. The number of ether oxygens (including phenoxy) is 2. The molecule has 4 nitrogen and oxygen atoms in total. The molecule has 0 saturated carbocycles. The third kappa shape index (κ3) is 5.30. The lowest BCUT2D eigenvalue weighted by Gasteiger charge is -2.15. The molecule has 0 aliphatic carbocycles. The highest BCUT2D eigenvalue weighted by Gasteiger charge is 2.11. The molecule has 1 heterocycles. The summed E-state index contributed by atoms with van der Waals surface area (Å²) in [6, 6.07) is 20.8. The highest BCUT2D eigenvalue weighted by Crippen LogP contribution is 2.34. The van der Waals surface area contributed by atoms with E-state index in [2.05, 4.69) is 87.9 Å². The summed E-state index contributed by atoms with van der Waals surface area (Å²) in [4.78, 5) is 3.34. The Morgan fingerprint density at radius 1 is 0.968 bits per heavy atom. The zero-order chi connectivity index (χ0) is 21.6. The van der Waals surface area contributed by atoms with Crippen LogP contribution in [0.4, 0.5) is 0 Å². The minimum absolute atomic E-state index is 0.505. The number of hydrogen-bond acceptors (Lipinski definition) is 3. The second-order valence-corrected chi connectivity index (χ2v) is 8.51. The summed E-state index contributed by atoms with van der Waals surface area (Å²) in [7, 11) is 1.68. The van der Waals surface area contributed by atoms with Gasteiger partial charge in [0.1, 0.15) is 6.61 Å². The van der Waals surface area contributed by atoms with Gasteiger partial charge in [0.25, 0.3) is 0 Å². The quantitative estimate of drug-likeness (QED) is 0.283. The molecule has 0 fully saturated rings. The van der Waals surface area contributed by atoms with Gasteiger partial charge in [-0.1, -0.05) is 64.0 Å². The molecule has 0 unspecified atom stereocenters. The Kier molecular flexibility index (Phi) is 6.95. The lowest BCUT2D eigenvalue weighted by atomic mass is 10.1. The SMILES string of the molecule is COc1cc(CNCCc2c[nH]c3ccccc23)c(Br)cc1OCc1ccc(C)cc1. The fourth-order valence-corrected chi connectivity index (χ4v) is 4.08. The Bertz CT molecular complexity index is 1150. The van der Waals surface area contributed by atoms with Crippen LogP contribution in [0.5, 0.6) is 11.5 Å². The standard InChI is InChI=1S/C26H27BrN2O2/c1-18-7-9-19(10-8-18)17-31-26-14-23(27)21(13-25(26)30-2)15-28-12-11-20-16-29-24-6-4-3-5-22(20)24/h3-10,13-14,16,28-29H,11-12,15,17H2,1-2H3. The maximum atomic E-state index is 6.03. The van der Waals surface area contributed by atoms with Crippen LogP contribution < -0.4 is 14.8 Å². The van der Waals surface area contributed by atoms with Crippen molar-refractivity contribution in [3.8, 4) is 11.5 Å². The monoisotopic (exact) mass is 478 g/mol. The number of aryl methyl sites for hydroxylation is 1. The molecule has 2 N–H and O–H groups in total. The molecule has 0 bridgehead atoms. The predicted octanol–water partition coefficient (Wildman–Crippen LogP) is 6.16. The Morgan fingerprint density at radius 2 is 1.77 bits per heavy atom. The van der Waals surface area contributed by atoms with E-state index in [1.54, 1.807) is 7.11 Å². The third-order valence-electron chi connectivity index (χ3n) is 5.41. The number of H-pyrrole nitrogens is 1. The van der Waals surface area contributed by atoms with E-state index >= 15 is 0 Å². The van der Waals surface area contributed by atoms with Crippen molar-refractivity contribution in [2.24, 2.45) is 0 Å². The van der Waals surface area contributed by atoms with E-state index in [4.69, 9.17) is 9.47 Å². The van der Waals surface area contributed by atoms with Gasteiger partial charge >= 0.3 is 0 Å². The van der Waals surface area contributed by atoms with Gasteiger partial charge in [0.15, 0.2) is 11.5 Å². The molecule has 0 atom stereocenters. The van der Waals surface area contributed by atoms with E-state index in [1.165, 1.54) is 22.0 Å². The smallest absolute Gasteiger partial charge is 0.162 e. The van der Waals surface area contributed by atoms with Crippen molar-refractivity contribution >= 4 is 26.8 Å². The van der Waals surface area contributed by atoms with E-state index in [0.717, 1.165) is 46.6 Å². The first kappa shape index (κ1) is 21.5. The summed E-state index contributed by atoms with van der Waals surface area (Å²) in [5.41, 5.74) is 6.03. The fraction of sp³-hybridized carbons (Fsp3) is 0.231. The average Bonchev–Trinajstić information content (AvgIpc) is 3.20. The topological polar surface area (TPSA) is 46.3 Å². The van der Waals surface area contributed by atoms with E-state index in [1.807, 2.05) is 12.1 Å². The van der Waals surface area contributed by atoms with Gasteiger partial charge in [0.2, 0.25) is 0 Å². The van der Waals surface area contributed by atoms with Crippen molar-refractivity contribution in [1.29, 1.82) is 0 Å². The van der Waals surface area contributed by atoms with E-state index in [-0.39, 0.29) is 0 Å². The minimum atomic E-state index is 0.505. The first-order valence-electron chi connectivity index (χ1n) is 10.4. The minimum Gasteiger partial charge on any atom is -0.493 e. The number of hydrogen-bond donors (Lipinski definition) is 2. The number of nitrogens with one attached hydrogen (secondary N) is 2. The normalized spacial score (nSPS) is 11.1. The van der Waals surface area contributed by atoms with Crippen molar-refractivity contribution in [2.45, 2.75) is 26.5 Å². The molecular weight excluding hydrogens is 452 g/mol. The van der Waals surface area contributed by atoms with Gasteiger partial charge in [-0.25, -0.2) is 0 Å². The second-order valence-electron chi connectivity index (χ2n) is 7.66. The molecule has 1 aromatic heterocycles. The summed E-state index contributed by atoms with van der Waals surface area (Å²) in [6.45, 7) is 4.23. The predicted molar refractivity (Wildman–Crippen MR) is 130 cm³/mol. The van der Waals surface area contributed by atoms with Gasteiger partial charge < -0.3 is 19.8 Å².